The van der Waals surface area contributed by atoms with E-state index < -0.39 is 0 Å². The Hall–Kier alpha value is -2.46. The summed E-state index contributed by atoms with van der Waals surface area (Å²) in [7, 11) is 3.24. The zero-order chi connectivity index (χ0) is 15.7. The number of rotatable bonds is 8. The van der Waals surface area contributed by atoms with E-state index in [9.17, 15) is 4.79 Å². The fourth-order valence-corrected chi connectivity index (χ4v) is 1.84. The van der Waals surface area contributed by atoms with Gasteiger partial charge in [0, 0.05) is 19.2 Å². The van der Waals surface area contributed by atoms with E-state index >= 15 is 0 Å². The summed E-state index contributed by atoms with van der Waals surface area (Å²) in [6, 6.07) is 7.37. The molecule has 1 rings (SSSR count). The van der Waals surface area contributed by atoms with Gasteiger partial charge in [-0.3, -0.25) is 5.21 Å². The first-order chi connectivity index (χ1) is 10.1. The van der Waals surface area contributed by atoms with E-state index in [0.29, 0.717) is 25.5 Å². The zero-order valence-corrected chi connectivity index (χ0v) is 12.7. The molecule has 1 aromatic rings. The molecule has 6 nitrogen and oxygen atoms in total. The van der Waals surface area contributed by atoms with Gasteiger partial charge in [-0.25, -0.2) is 4.79 Å². The van der Waals surface area contributed by atoms with E-state index in [1.807, 2.05) is 42.0 Å². The summed E-state index contributed by atoms with van der Waals surface area (Å²) in [5.41, 5.74) is 0.879. The molecule has 0 fully saturated rings. The maximum atomic E-state index is 10.8. The van der Waals surface area contributed by atoms with Gasteiger partial charge in [0.05, 0.1) is 6.54 Å². The highest BCUT2D eigenvalue weighted by atomic mass is 16.5. The average Bonchev–Trinajstić information content (AvgIpc) is 2.48. The molecule has 0 aliphatic heterocycles. The number of hydroxylamine groups is 1. The lowest BCUT2D eigenvalue weighted by Gasteiger charge is -2.22. The first-order valence-electron chi connectivity index (χ1n) is 6.78. The molecule has 0 heterocycles. The predicted molar refractivity (Wildman–Crippen MR) is 80.6 cm³/mol. The topological polar surface area (TPSA) is 64.8 Å². The lowest BCUT2D eigenvalue weighted by molar-refractivity contribution is -0.750. The van der Waals surface area contributed by atoms with Gasteiger partial charge in [-0.1, -0.05) is 0 Å². The highest BCUT2D eigenvalue weighted by molar-refractivity contribution is 5.75. The lowest BCUT2D eigenvalue weighted by Crippen LogP contribution is -2.33. The van der Waals surface area contributed by atoms with Crippen LogP contribution in [-0.2, 0) is 4.79 Å². The number of benzene rings is 1. The van der Waals surface area contributed by atoms with Crippen molar-refractivity contribution >= 4 is 12.2 Å². The lowest BCUT2D eigenvalue weighted by atomic mass is 10.2. The quantitative estimate of drug-likeness (QED) is 0.243. The van der Waals surface area contributed by atoms with Crippen molar-refractivity contribution in [3.63, 3.8) is 0 Å². The molecule has 0 radical (unpaired) electrons. The van der Waals surface area contributed by atoms with Crippen LogP contribution in [0.4, 0.5) is 0 Å². The average molecular weight is 292 g/mol. The molecule has 0 aromatic heterocycles. The molecule has 2 N–H and O–H groups in total. The summed E-state index contributed by atoms with van der Waals surface area (Å²) >= 11 is 0. The van der Waals surface area contributed by atoms with Crippen molar-refractivity contribution in [3.8, 4) is 5.75 Å². The van der Waals surface area contributed by atoms with Crippen LogP contribution < -0.4 is 10.1 Å². The largest absolute Gasteiger partial charge is 0.492 e. The van der Waals surface area contributed by atoms with Crippen LogP contribution in [0, 0.1) is 0 Å². The van der Waals surface area contributed by atoms with E-state index in [0.717, 1.165) is 16.1 Å². The number of carbonyl (C=O) groups excluding carboxylic acids is 1. The van der Waals surface area contributed by atoms with Crippen molar-refractivity contribution in [3.05, 3.63) is 35.6 Å². The molecular formula is C15H22N3O3+. The molecule has 0 unspecified atom stereocenters. The number of hydrogen-bond acceptors (Lipinski definition) is 5. The minimum Gasteiger partial charge on any atom is -0.492 e. The third kappa shape index (κ3) is 5.58. The number of likely N-dealkylation sites (N-methyl/N-ethyl adjacent to an activating group) is 1. The van der Waals surface area contributed by atoms with Crippen molar-refractivity contribution in [2.45, 2.75) is 6.92 Å². The number of nitrogens with zero attached hydrogens (tertiary/aromatic N) is 2. The highest BCUT2D eigenvalue weighted by Gasteiger charge is 2.07. The molecular weight excluding hydrogens is 270 g/mol. The van der Waals surface area contributed by atoms with E-state index in [1.165, 1.54) is 0 Å². The standard InChI is InChI=1S/C15H22N3O3/c1-4-18(15(12-19)16-2)9-10-21-14-7-5-13(6-8-14)11-17(3)20/h5-8,11,16,20H,4,9-10H2,1-3H3/q+1/b17-11-. The Morgan fingerprint density at radius 3 is 2.62 bits per heavy atom. The molecule has 0 spiro atoms. The highest BCUT2D eigenvalue weighted by Crippen LogP contribution is 2.11. The first kappa shape index (κ1) is 16.6. The Bertz CT molecular complexity index is 515. The Balaban J connectivity index is 2.52. The van der Waals surface area contributed by atoms with E-state index in [1.54, 1.807) is 20.3 Å². The van der Waals surface area contributed by atoms with Gasteiger partial charge in [-0.15, -0.1) is 0 Å². The second-order valence-electron chi connectivity index (χ2n) is 4.40. The maximum Gasteiger partial charge on any atom is 0.222 e. The van der Waals surface area contributed by atoms with Crippen LogP contribution in [0.15, 0.2) is 30.1 Å². The molecule has 1 aromatic carbocycles. The van der Waals surface area contributed by atoms with Crippen molar-refractivity contribution in [2.24, 2.45) is 0 Å². The Morgan fingerprint density at radius 2 is 2.14 bits per heavy atom. The number of ether oxygens (including phenoxy) is 1. The van der Waals surface area contributed by atoms with E-state index in [4.69, 9.17) is 9.94 Å². The molecule has 0 aliphatic rings. The van der Waals surface area contributed by atoms with Crippen molar-refractivity contribution in [2.75, 3.05) is 33.8 Å². The smallest absolute Gasteiger partial charge is 0.222 e. The molecule has 0 bridgehead atoms. The summed E-state index contributed by atoms with van der Waals surface area (Å²) in [6.07, 6.45) is 1.59. The number of hydrogen-bond donors (Lipinski definition) is 2. The normalized spacial score (nSPS) is 10.7. The first-order valence-corrected chi connectivity index (χ1v) is 6.78. The SMILES string of the molecule is CCN(CCOc1ccc(/C=[N+](/C)O)cc1)C(=C=O)NC. The van der Waals surface area contributed by atoms with E-state index in [2.05, 4.69) is 5.32 Å². The Kier molecular flexibility index (Phi) is 6.84. The Labute approximate surface area is 124 Å². The van der Waals surface area contributed by atoms with Gasteiger partial charge < -0.3 is 15.0 Å². The molecule has 0 saturated carbocycles. The van der Waals surface area contributed by atoms with Crippen LogP contribution in [0.3, 0.4) is 0 Å². The van der Waals surface area contributed by atoms with E-state index in [-0.39, 0.29) is 0 Å². The summed E-state index contributed by atoms with van der Waals surface area (Å²) < 4.78 is 6.63. The predicted octanol–water partition coefficient (Wildman–Crippen LogP) is 0.730. The third-order valence-electron chi connectivity index (χ3n) is 2.88. The van der Waals surface area contributed by atoms with Crippen LogP contribution in [0.2, 0.25) is 0 Å². The second-order valence-corrected chi connectivity index (χ2v) is 4.40. The maximum absolute atomic E-state index is 10.8. The van der Waals surface area contributed by atoms with Crippen molar-refractivity contribution in [1.29, 1.82) is 0 Å². The second kappa shape index (κ2) is 8.66. The molecule has 114 valence electrons. The summed E-state index contributed by atoms with van der Waals surface area (Å²) in [5.74, 6) is 3.04. The van der Waals surface area contributed by atoms with Crippen LogP contribution in [-0.4, -0.2) is 60.8 Å². The van der Waals surface area contributed by atoms with Gasteiger partial charge in [0.15, 0.2) is 18.8 Å². The van der Waals surface area contributed by atoms with Crippen molar-refractivity contribution < 1.29 is 19.5 Å². The molecule has 0 amide bonds. The molecule has 6 heteroatoms. The number of nitrogens with one attached hydrogen (secondary N) is 1. The molecule has 0 saturated heterocycles. The molecule has 0 atom stereocenters. The molecule has 21 heavy (non-hydrogen) atoms. The summed E-state index contributed by atoms with van der Waals surface area (Å²) in [5, 5.41) is 11.9. The monoisotopic (exact) mass is 292 g/mol. The fraction of sp³-hybridized carbons (Fsp3) is 0.400. The van der Waals surface area contributed by atoms with Gasteiger partial charge in [-0.2, -0.15) is 0 Å². The minimum absolute atomic E-state index is 0.428. The minimum atomic E-state index is 0.428. The van der Waals surface area contributed by atoms with Gasteiger partial charge in [-0.05, 0) is 35.9 Å². The fourth-order valence-electron chi connectivity index (χ4n) is 1.84. The van der Waals surface area contributed by atoms with Crippen LogP contribution in [0.1, 0.15) is 12.5 Å². The van der Waals surface area contributed by atoms with Gasteiger partial charge in [0.1, 0.15) is 12.4 Å². The van der Waals surface area contributed by atoms with Crippen molar-refractivity contribution in [1.82, 2.24) is 10.2 Å². The van der Waals surface area contributed by atoms with Gasteiger partial charge >= 0.3 is 0 Å². The summed E-state index contributed by atoms with van der Waals surface area (Å²) in [6.45, 7) is 3.72. The zero-order valence-electron chi connectivity index (χ0n) is 12.7. The van der Waals surface area contributed by atoms with Crippen LogP contribution in [0.25, 0.3) is 0 Å². The van der Waals surface area contributed by atoms with Crippen LogP contribution in [0.5, 0.6) is 5.75 Å². The van der Waals surface area contributed by atoms with Gasteiger partial charge in [0.25, 0.3) is 0 Å². The Morgan fingerprint density at radius 1 is 1.48 bits per heavy atom. The molecule has 0 aliphatic carbocycles. The summed E-state index contributed by atoms with van der Waals surface area (Å²) in [4.78, 5) is 12.6. The van der Waals surface area contributed by atoms with Gasteiger partial charge in [0.2, 0.25) is 6.21 Å². The van der Waals surface area contributed by atoms with Crippen LogP contribution >= 0.6 is 0 Å². The third-order valence-corrected chi connectivity index (χ3v) is 2.88.